The van der Waals surface area contributed by atoms with Crippen molar-refractivity contribution in [2.45, 2.75) is 121 Å². The second-order valence-electron chi connectivity index (χ2n) is 11.9. The summed E-state index contributed by atoms with van der Waals surface area (Å²) < 4.78 is 16.8. The summed E-state index contributed by atoms with van der Waals surface area (Å²) in [5.41, 5.74) is 6.85. The zero-order chi connectivity index (χ0) is 25.0. The lowest BCUT2D eigenvalue weighted by atomic mass is 9.96. The molecule has 2 nitrogen and oxygen atoms in total. The average Bonchev–Trinajstić information content (AvgIpc) is 2.83. The molecule has 35 heavy (non-hydrogen) atoms. The Morgan fingerprint density at radius 1 is 0.829 bits per heavy atom. The van der Waals surface area contributed by atoms with E-state index in [0.29, 0.717) is 0 Å². The first-order valence-electron chi connectivity index (χ1n) is 13.9. The highest BCUT2D eigenvalue weighted by Gasteiger charge is 2.35. The molecule has 0 aliphatic heterocycles. The summed E-state index contributed by atoms with van der Waals surface area (Å²) in [6, 6.07) is 16.0. The fourth-order valence-electron chi connectivity index (χ4n) is 6.15. The summed E-state index contributed by atoms with van der Waals surface area (Å²) >= 11 is 0. The van der Waals surface area contributed by atoms with E-state index >= 15 is 0 Å². The Balaban J connectivity index is 1.82. The van der Waals surface area contributed by atoms with Crippen molar-refractivity contribution in [2.75, 3.05) is 0 Å². The van der Waals surface area contributed by atoms with E-state index in [1.54, 1.807) is 5.30 Å². The Kier molecular flexibility index (Phi) is 9.28. The number of aryl methyl sites for hydroxylation is 2. The third kappa shape index (κ3) is 6.85. The summed E-state index contributed by atoms with van der Waals surface area (Å²) in [4.78, 5) is 0. The SMILES string of the molecule is Cc1cc(C)cc([C@H](N[S@](=O)C(C)(C)C)c2ccccc2P(C2CCCCC2)C2CCCCC2)c1. The Labute approximate surface area is 218 Å². The maximum absolute atomic E-state index is 13.5. The molecule has 2 aromatic carbocycles. The van der Waals surface area contributed by atoms with E-state index in [4.69, 9.17) is 0 Å². The van der Waals surface area contributed by atoms with Crippen LogP contribution in [0.3, 0.4) is 0 Å². The van der Waals surface area contributed by atoms with Crippen LogP contribution >= 0.6 is 7.92 Å². The smallest absolute Gasteiger partial charge is 0.0979 e. The first kappa shape index (κ1) is 27.0. The van der Waals surface area contributed by atoms with Crippen molar-refractivity contribution < 1.29 is 4.21 Å². The summed E-state index contributed by atoms with van der Waals surface area (Å²) in [7, 11) is -1.40. The molecule has 1 N–H and O–H groups in total. The predicted molar refractivity (Wildman–Crippen MR) is 156 cm³/mol. The maximum atomic E-state index is 13.5. The van der Waals surface area contributed by atoms with Gasteiger partial charge in [0.15, 0.2) is 0 Å². The van der Waals surface area contributed by atoms with Gasteiger partial charge in [-0.05, 0) is 88.1 Å². The summed E-state index contributed by atoms with van der Waals surface area (Å²) in [5, 5.41) is 1.59. The van der Waals surface area contributed by atoms with E-state index in [-0.39, 0.29) is 18.7 Å². The standard InChI is InChI=1S/C31H46NOPS/c1-23-20-24(2)22-25(21-23)30(32-35(33)31(3,4)5)28-18-12-13-19-29(28)34(26-14-8-6-9-15-26)27-16-10-7-11-17-27/h12-13,18-22,26-27,30,32H,6-11,14-17H2,1-5H3/t30-,35+/m0/s1. The molecule has 0 heterocycles. The fourth-order valence-corrected chi connectivity index (χ4v) is 11.0. The van der Waals surface area contributed by atoms with Gasteiger partial charge in [0, 0.05) is 0 Å². The molecule has 2 aliphatic carbocycles. The van der Waals surface area contributed by atoms with E-state index in [1.807, 2.05) is 0 Å². The zero-order valence-electron chi connectivity index (χ0n) is 22.6. The number of benzene rings is 2. The lowest BCUT2D eigenvalue weighted by Gasteiger charge is -2.40. The van der Waals surface area contributed by atoms with Gasteiger partial charge in [0.2, 0.25) is 0 Å². The van der Waals surface area contributed by atoms with E-state index < -0.39 is 11.0 Å². The molecule has 0 unspecified atom stereocenters. The first-order chi connectivity index (χ1) is 16.7. The Hall–Kier alpha value is -1.02. The Morgan fingerprint density at radius 2 is 1.34 bits per heavy atom. The minimum absolute atomic E-state index is 0.0537. The van der Waals surface area contributed by atoms with Crippen LogP contribution in [0, 0.1) is 13.8 Å². The topological polar surface area (TPSA) is 29.1 Å². The van der Waals surface area contributed by atoms with Crippen LogP contribution in [0.1, 0.15) is 113 Å². The van der Waals surface area contributed by atoms with Crippen LogP contribution in [-0.4, -0.2) is 20.3 Å². The molecule has 2 atom stereocenters. The van der Waals surface area contributed by atoms with Gasteiger partial charge in [0.25, 0.3) is 0 Å². The molecule has 0 amide bonds. The highest BCUT2D eigenvalue weighted by molar-refractivity contribution is 7.84. The van der Waals surface area contributed by atoms with Crippen molar-refractivity contribution in [1.82, 2.24) is 4.72 Å². The van der Waals surface area contributed by atoms with Crippen molar-refractivity contribution in [3.8, 4) is 0 Å². The van der Waals surface area contributed by atoms with Crippen molar-refractivity contribution in [1.29, 1.82) is 0 Å². The van der Waals surface area contributed by atoms with Gasteiger partial charge in [-0.2, -0.15) is 0 Å². The van der Waals surface area contributed by atoms with Gasteiger partial charge in [-0.1, -0.05) is 100 Å². The van der Waals surface area contributed by atoms with Crippen LogP contribution in [0.4, 0.5) is 0 Å². The normalized spacial score (nSPS) is 20.2. The van der Waals surface area contributed by atoms with Gasteiger partial charge < -0.3 is 0 Å². The minimum atomic E-state index is -1.16. The largest absolute Gasteiger partial charge is 0.242 e. The molecular formula is C31H46NOPS. The van der Waals surface area contributed by atoms with Crippen LogP contribution in [0.15, 0.2) is 42.5 Å². The molecule has 0 bridgehead atoms. The quantitative estimate of drug-likeness (QED) is 0.373. The third-order valence-corrected chi connectivity index (χ3v) is 13.0. The summed E-state index contributed by atoms with van der Waals surface area (Å²) in [6.45, 7) is 10.6. The number of hydrogen-bond donors (Lipinski definition) is 1. The monoisotopic (exact) mass is 511 g/mol. The van der Waals surface area contributed by atoms with Gasteiger partial charge in [-0.25, -0.2) is 8.93 Å². The van der Waals surface area contributed by atoms with Crippen LogP contribution in [0.25, 0.3) is 0 Å². The van der Waals surface area contributed by atoms with Crippen molar-refractivity contribution in [2.24, 2.45) is 0 Å². The lowest BCUT2D eigenvalue weighted by Crippen LogP contribution is -2.38. The first-order valence-corrected chi connectivity index (χ1v) is 16.5. The molecule has 0 aromatic heterocycles. The van der Waals surface area contributed by atoms with Gasteiger partial charge in [-0.15, -0.1) is 0 Å². The van der Waals surface area contributed by atoms with Crippen LogP contribution in [0.5, 0.6) is 0 Å². The maximum Gasteiger partial charge on any atom is 0.0979 e. The van der Waals surface area contributed by atoms with Crippen LogP contribution in [-0.2, 0) is 11.0 Å². The number of hydrogen-bond acceptors (Lipinski definition) is 1. The van der Waals surface area contributed by atoms with E-state index in [0.717, 1.165) is 11.3 Å². The molecule has 0 saturated heterocycles. The lowest BCUT2D eigenvalue weighted by molar-refractivity contribution is 0.487. The van der Waals surface area contributed by atoms with E-state index in [1.165, 1.54) is 86.5 Å². The third-order valence-electron chi connectivity index (χ3n) is 7.82. The van der Waals surface area contributed by atoms with Crippen molar-refractivity contribution in [3.05, 3.63) is 64.7 Å². The molecule has 2 fully saturated rings. The van der Waals surface area contributed by atoms with E-state index in [9.17, 15) is 4.21 Å². The van der Waals surface area contributed by atoms with Crippen LogP contribution in [0.2, 0.25) is 0 Å². The summed E-state index contributed by atoms with van der Waals surface area (Å²) in [5.74, 6) is 0. The van der Waals surface area contributed by atoms with Crippen molar-refractivity contribution in [3.63, 3.8) is 0 Å². The van der Waals surface area contributed by atoms with Crippen LogP contribution < -0.4 is 10.0 Å². The second kappa shape index (κ2) is 12.0. The molecule has 4 heteroatoms. The number of rotatable bonds is 7. The zero-order valence-corrected chi connectivity index (χ0v) is 24.3. The minimum Gasteiger partial charge on any atom is -0.242 e. The molecule has 0 radical (unpaired) electrons. The molecule has 2 saturated carbocycles. The van der Waals surface area contributed by atoms with Crippen molar-refractivity contribution >= 4 is 24.2 Å². The number of nitrogens with one attached hydrogen (secondary N) is 1. The average molecular weight is 512 g/mol. The highest BCUT2D eigenvalue weighted by atomic mass is 32.2. The van der Waals surface area contributed by atoms with Gasteiger partial charge in [0.05, 0.1) is 21.8 Å². The van der Waals surface area contributed by atoms with Gasteiger partial charge >= 0.3 is 0 Å². The molecule has 192 valence electrons. The van der Waals surface area contributed by atoms with Gasteiger partial charge in [0.1, 0.15) is 0 Å². The van der Waals surface area contributed by atoms with E-state index in [2.05, 4.69) is 81.8 Å². The molecule has 0 spiro atoms. The predicted octanol–water partition coefficient (Wildman–Crippen LogP) is 8.22. The molecular weight excluding hydrogens is 465 g/mol. The molecule has 4 rings (SSSR count). The summed E-state index contributed by atoms with van der Waals surface area (Å²) in [6.07, 6.45) is 14.0. The fraction of sp³-hybridized carbons (Fsp3) is 0.613. The molecule has 2 aromatic rings. The molecule has 2 aliphatic rings. The highest BCUT2D eigenvalue weighted by Crippen LogP contribution is 2.56. The Bertz CT molecular complexity index is 963. The Morgan fingerprint density at radius 3 is 1.86 bits per heavy atom. The second-order valence-corrected chi connectivity index (χ2v) is 16.7. The van der Waals surface area contributed by atoms with Gasteiger partial charge in [-0.3, -0.25) is 0 Å².